The predicted molar refractivity (Wildman–Crippen MR) is 169 cm³/mol. The van der Waals surface area contributed by atoms with Crippen molar-refractivity contribution in [2.45, 2.75) is 77.2 Å². The van der Waals surface area contributed by atoms with E-state index in [0.29, 0.717) is 26.2 Å². The molecule has 2 N–H and O–H groups in total. The summed E-state index contributed by atoms with van der Waals surface area (Å²) in [6, 6.07) is 4.26. The highest BCUT2D eigenvalue weighted by Gasteiger charge is 2.42. The van der Waals surface area contributed by atoms with Crippen LogP contribution in [0.3, 0.4) is 0 Å². The van der Waals surface area contributed by atoms with Crippen molar-refractivity contribution in [3.05, 3.63) is 91.3 Å². The highest BCUT2D eigenvalue weighted by atomic mass is 19.1. The summed E-state index contributed by atoms with van der Waals surface area (Å²) in [5, 5.41) is 20.2. The van der Waals surface area contributed by atoms with Gasteiger partial charge in [-0.15, -0.1) is 0 Å². The predicted octanol–water partition coefficient (Wildman–Crippen LogP) is 1.80. The fourth-order valence-corrected chi connectivity index (χ4v) is 6.54. The Morgan fingerprint density at radius 3 is 1.98 bits per heavy atom. The fourth-order valence-electron chi connectivity index (χ4n) is 6.54. The Hall–Kier alpha value is -5.51. The first-order chi connectivity index (χ1) is 24.3. The average Bonchev–Trinajstić information content (AvgIpc) is 3.08. The number of aromatic hydroxyl groups is 2. The molecule has 0 spiro atoms. The summed E-state index contributed by atoms with van der Waals surface area (Å²) >= 11 is 0. The Balaban J connectivity index is 0.000000203. The maximum atomic E-state index is 13.8. The number of aromatic nitrogens is 2. The van der Waals surface area contributed by atoms with Gasteiger partial charge >= 0.3 is 6.15 Å². The number of ketones is 1. The van der Waals surface area contributed by atoms with Crippen molar-refractivity contribution in [3.8, 4) is 11.5 Å². The van der Waals surface area contributed by atoms with E-state index in [1.807, 2.05) is 13.8 Å². The van der Waals surface area contributed by atoms with Gasteiger partial charge in [0.05, 0.1) is 31.9 Å². The standard InChI is InChI=1S/C21H20F2N2O5.C12H14N2O4.CO2/c1-11-6-7-30-17-10-24-9-14(19(27)20(28)18(24)21(29)25(11)17)16(26)5-3-12-2-4-13(22)8-15(12)23;1-7-3-5-18-9-6-13-4-2-8(15)11(16)10(13)12(17)14(7)9;2-1-3/h2,4,8-9,11,17,28H,3,5-7,10H2,1H3;2,4,7,9,16H,3,5-6H2,1H3;/t11-,17+;7-,9+;/m11./s1. The molecule has 4 aliphatic rings. The minimum Gasteiger partial charge on any atom is -0.503 e. The van der Waals surface area contributed by atoms with E-state index in [9.17, 15) is 43.0 Å². The van der Waals surface area contributed by atoms with Gasteiger partial charge in [0.1, 0.15) is 11.6 Å². The van der Waals surface area contributed by atoms with Gasteiger partial charge in [0.2, 0.25) is 10.9 Å². The normalized spacial score (nSPS) is 21.7. The van der Waals surface area contributed by atoms with Crippen molar-refractivity contribution < 1.29 is 52.4 Å². The van der Waals surface area contributed by atoms with Gasteiger partial charge in [0.15, 0.2) is 41.1 Å². The Labute approximate surface area is 288 Å². The molecular formula is C34H34F2N4O11. The molecule has 0 bridgehead atoms. The van der Waals surface area contributed by atoms with Crippen LogP contribution in [0, 0.1) is 11.6 Å². The third-order valence-electron chi connectivity index (χ3n) is 9.19. The third kappa shape index (κ3) is 7.22. The molecule has 2 amide bonds. The lowest BCUT2D eigenvalue weighted by Crippen LogP contribution is -2.57. The maximum Gasteiger partial charge on any atom is 0.373 e. The SMILES string of the molecule is C[C@@H]1CCO[C@H]2Cn3cc(C(=O)CCc4ccc(F)cc4F)c(=O)c(O)c3C(=O)N12.C[C@@H]1CCO[C@H]2Cn3ccc(=O)c(O)c3C(=O)N12.O=C=O. The molecule has 51 heavy (non-hydrogen) atoms. The lowest BCUT2D eigenvalue weighted by Gasteiger charge is -2.44. The van der Waals surface area contributed by atoms with Crippen LogP contribution in [0.5, 0.6) is 11.5 Å². The van der Waals surface area contributed by atoms with Gasteiger partial charge in [0, 0.05) is 43.0 Å². The van der Waals surface area contributed by atoms with Gasteiger partial charge in [-0.3, -0.25) is 24.0 Å². The molecule has 7 rings (SSSR count). The zero-order chi connectivity index (χ0) is 37.1. The lowest BCUT2D eigenvalue weighted by molar-refractivity contribution is -0.191. The minimum atomic E-state index is -0.941. The first-order valence-electron chi connectivity index (χ1n) is 16.0. The number of ether oxygens (including phenoxy) is 2. The van der Waals surface area contributed by atoms with E-state index in [4.69, 9.17) is 19.1 Å². The number of amides is 2. The number of rotatable bonds is 4. The van der Waals surface area contributed by atoms with Crippen LogP contribution in [-0.2, 0) is 38.6 Å². The van der Waals surface area contributed by atoms with Crippen molar-refractivity contribution in [2.75, 3.05) is 13.2 Å². The van der Waals surface area contributed by atoms with Crippen LogP contribution in [0.4, 0.5) is 8.78 Å². The summed E-state index contributed by atoms with van der Waals surface area (Å²) in [4.78, 5) is 81.2. The van der Waals surface area contributed by atoms with E-state index in [-0.39, 0.29) is 72.3 Å². The van der Waals surface area contributed by atoms with Crippen LogP contribution in [0.2, 0.25) is 0 Å². The molecule has 2 aromatic heterocycles. The second-order valence-electron chi connectivity index (χ2n) is 12.3. The number of pyridine rings is 2. The van der Waals surface area contributed by atoms with Crippen molar-refractivity contribution in [2.24, 2.45) is 0 Å². The lowest BCUT2D eigenvalue weighted by atomic mass is 10.0. The average molecular weight is 713 g/mol. The van der Waals surface area contributed by atoms with Gasteiger partial charge in [0.25, 0.3) is 11.8 Å². The van der Waals surface area contributed by atoms with E-state index in [1.165, 1.54) is 34.0 Å². The van der Waals surface area contributed by atoms with Crippen molar-refractivity contribution in [1.82, 2.24) is 18.9 Å². The molecule has 2 saturated heterocycles. The van der Waals surface area contributed by atoms with Crippen LogP contribution in [0.1, 0.15) is 70.0 Å². The molecule has 270 valence electrons. The highest BCUT2D eigenvalue weighted by molar-refractivity contribution is 6.00. The minimum absolute atomic E-state index is 0.0388. The summed E-state index contributed by atoms with van der Waals surface area (Å²) in [6.45, 7) is 5.53. The first-order valence-corrected chi connectivity index (χ1v) is 16.0. The summed E-state index contributed by atoms with van der Waals surface area (Å²) < 4.78 is 41.0. The Bertz CT molecular complexity index is 2020. The second-order valence-corrected chi connectivity index (χ2v) is 12.3. The molecule has 17 heteroatoms. The monoisotopic (exact) mass is 712 g/mol. The van der Waals surface area contributed by atoms with E-state index in [0.717, 1.165) is 18.6 Å². The quantitative estimate of drug-likeness (QED) is 0.375. The number of hydrogen-bond acceptors (Lipinski definition) is 11. The largest absolute Gasteiger partial charge is 0.503 e. The molecule has 15 nitrogen and oxygen atoms in total. The number of carbonyl (C=O) groups excluding carboxylic acids is 5. The topological polar surface area (TPSA) is 195 Å². The number of hydrogen-bond donors (Lipinski definition) is 2. The Morgan fingerprint density at radius 2 is 1.41 bits per heavy atom. The maximum absolute atomic E-state index is 13.8. The molecule has 2 fully saturated rings. The molecule has 6 heterocycles. The molecular weight excluding hydrogens is 678 g/mol. The van der Waals surface area contributed by atoms with Gasteiger partial charge in [-0.25, -0.2) is 8.78 Å². The summed E-state index contributed by atoms with van der Waals surface area (Å²) in [5.41, 5.74) is -1.72. The highest BCUT2D eigenvalue weighted by Crippen LogP contribution is 2.30. The van der Waals surface area contributed by atoms with Crippen LogP contribution in [-0.4, -0.2) is 90.6 Å². The second kappa shape index (κ2) is 15.2. The molecule has 1 aromatic carbocycles. The fraction of sp³-hybridized carbons (Fsp3) is 0.412. The van der Waals surface area contributed by atoms with Crippen LogP contribution < -0.4 is 10.9 Å². The van der Waals surface area contributed by atoms with Gasteiger partial charge in [-0.1, -0.05) is 6.07 Å². The van der Waals surface area contributed by atoms with Gasteiger partial charge < -0.3 is 38.6 Å². The summed E-state index contributed by atoms with van der Waals surface area (Å²) in [5.74, 6) is -4.23. The van der Waals surface area contributed by atoms with Crippen LogP contribution in [0.15, 0.2) is 46.2 Å². The van der Waals surface area contributed by atoms with E-state index >= 15 is 0 Å². The Kier molecular flexibility index (Phi) is 10.9. The molecule has 4 aliphatic heterocycles. The van der Waals surface area contributed by atoms with Crippen molar-refractivity contribution in [3.63, 3.8) is 0 Å². The van der Waals surface area contributed by atoms with Gasteiger partial charge in [-0.05, 0) is 44.7 Å². The molecule has 0 unspecified atom stereocenters. The zero-order valence-corrected chi connectivity index (χ0v) is 27.5. The first kappa shape index (κ1) is 36.8. The molecule has 0 radical (unpaired) electrons. The summed E-state index contributed by atoms with van der Waals surface area (Å²) in [6.07, 6.45) is 3.32. The molecule has 3 aromatic rings. The summed E-state index contributed by atoms with van der Waals surface area (Å²) in [7, 11) is 0. The van der Waals surface area contributed by atoms with Crippen molar-refractivity contribution in [1.29, 1.82) is 0 Å². The number of fused-ring (bicyclic) bond motifs is 4. The number of aryl methyl sites for hydroxylation is 1. The number of halogens is 2. The number of benzene rings is 1. The number of Topliss-reactive ketones (excluding diaryl/α,β-unsaturated/α-hetero) is 1. The van der Waals surface area contributed by atoms with E-state index < -0.39 is 51.9 Å². The third-order valence-corrected chi connectivity index (χ3v) is 9.19. The van der Waals surface area contributed by atoms with Gasteiger partial charge in [-0.2, -0.15) is 9.59 Å². The van der Waals surface area contributed by atoms with Crippen LogP contribution in [0.25, 0.3) is 0 Å². The molecule has 0 saturated carbocycles. The van der Waals surface area contributed by atoms with Crippen molar-refractivity contribution >= 4 is 23.7 Å². The van der Waals surface area contributed by atoms with Crippen LogP contribution >= 0.6 is 0 Å². The molecule has 0 aliphatic carbocycles. The van der Waals surface area contributed by atoms with E-state index in [2.05, 4.69) is 0 Å². The van der Waals surface area contributed by atoms with E-state index in [1.54, 1.807) is 9.47 Å². The molecule has 4 atom stereocenters. The number of nitrogens with zero attached hydrogens (tertiary/aromatic N) is 4. The zero-order valence-electron chi connectivity index (χ0n) is 27.5. The number of carbonyl (C=O) groups is 3. The smallest absolute Gasteiger partial charge is 0.373 e. The Morgan fingerprint density at radius 1 is 0.863 bits per heavy atom.